The average Bonchev–Trinajstić information content (AvgIpc) is 2.80. The predicted molar refractivity (Wildman–Crippen MR) is 142 cm³/mol. The number of nitrogens with one attached hydrogen (secondary N) is 1. The molecular weight excluding hydrogens is 543 g/mol. The SMILES string of the molecule is C[C@H](C(=O)NC1CCCCC1)N(Cc1cccc(Br)c1)C(=O)CSCc1ccc(Cl)c(Cl)c1. The number of benzene rings is 2. The normalized spacial score (nSPS) is 15.2. The maximum absolute atomic E-state index is 13.2. The third kappa shape index (κ3) is 8.20. The Morgan fingerprint density at radius 3 is 2.55 bits per heavy atom. The first-order chi connectivity index (χ1) is 15.8. The van der Waals surface area contributed by atoms with E-state index in [1.165, 1.54) is 18.2 Å². The molecule has 33 heavy (non-hydrogen) atoms. The molecule has 3 rings (SSSR count). The number of carbonyl (C=O) groups is 2. The van der Waals surface area contributed by atoms with Crippen LogP contribution in [0.4, 0.5) is 0 Å². The summed E-state index contributed by atoms with van der Waals surface area (Å²) >= 11 is 17.1. The van der Waals surface area contributed by atoms with Gasteiger partial charge in [-0.2, -0.15) is 0 Å². The number of nitrogens with zero attached hydrogens (tertiary/aromatic N) is 1. The Morgan fingerprint density at radius 1 is 1.09 bits per heavy atom. The van der Waals surface area contributed by atoms with E-state index < -0.39 is 6.04 Å². The van der Waals surface area contributed by atoms with Crippen molar-refractivity contribution < 1.29 is 9.59 Å². The minimum atomic E-state index is -0.552. The lowest BCUT2D eigenvalue weighted by Crippen LogP contribution is -2.50. The van der Waals surface area contributed by atoms with Crippen LogP contribution in [0.5, 0.6) is 0 Å². The van der Waals surface area contributed by atoms with Gasteiger partial charge in [0.1, 0.15) is 6.04 Å². The molecule has 4 nitrogen and oxygen atoms in total. The number of rotatable bonds is 9. The summed E-state index contributed by atoms with van der Waals surface area (Å²) in [5.74, 6) is 0.761. The molecule has 1 aliphatic rings. The lowest BCUT2D eigenvalue weighted by Gasteiger charge is -2.31. The molecule has 0 heterocycles. The number of carbonyl (C=O) groups excluding carboxylic acids is 2. The largest absolute Gasteiger partial charge is 0.352 e. The molecule has 0 aromatic heterocycles. The lowest BCUT2D eigenvalue weighted by molar-refractivity contribution is -0.139. The fourth-order valence-corrected chi connectivity index (χ4v) is 5.58. The molecule has 2 amide bonds. The first-order valence-electron chi connectivity index (χ1n) is 11.2. The van der Waals surface area contributed by atoms with Crippen LogP contribution >= 0.6 is 50.9 Å². The molecule has 1 saturated carbocycles. The van der Waals surface area contributed by atoms with Crippen LogP contribution in [-0.2, 0) is 21.9 Å². The van der Waals surface area contributed by atoms with Gasteiger partial charge in [0.2, 0.25) is 11.8 Å². The Morgan fingerprint density at radius 2 is 1.85 bits per heavy atom. The summed E-state index contributed by atoms with van der Waals surface area (Å²) in [6.45, 7) is 2.20. The van der Waals surface area contributed by atoms with E-state index in [-0.39, 0.29) is 23.6 Å². The van der Waals surface area contributed by atoms with E-state index in [1.807, 2.05) is 43.3 Å². The van der Waals surface area contributed by atoms with Gasteiger partial charge in [-0.15, -0.1) is 11.8 Å². The van der Waals surface area contributed by atoms with E-state index in [1.54, 1.807) is 11.0 Å². The van der Waals surface area contributed by atoms with Crippen LogP contribution in [0.25, 0.3) is 0 Å². The first-order valence-corrected chi connectivity index (χ1v) is 13.9. The zero-order valence-electron chi connectivity index (χ0n) is 18.7. The van der Waals surface area contributed by atoms with Crippen molar-refractivity contribution >= 4 is 62.7 Å². The summed E-state index contributed by atoms with van der Waals surface area (Å²) in [4.78, 5) is 28.0. The summed E-state index contributed by atoms with van der Waals surface area (Å²) in [7, 11) is 0. The molecule has 2 aromatic rings. The second-order valence-corrected chi connectivity index (χ2v) is 11.1. The fourth-order valence-electron chi connectivity index (χ4n) is 3.95. The summed E-state index contributed by atoms with van der Waals surface area (Å²) in [5.41, 5.74) is 1.98. The van der Waals surface area contributed by atoms with Gasteiger partial charge in [-0.3, -0.25) is 9.59 Å². The molecule has 2 aromatic carbocycles. The lowest BCUT2D eigenvalue weighted by atomic mass is 9.95. The van der Waals surface area contributed by atoms with Gasteiger partial charge in [-0.1, -0.05) is 76.6 Å². The van der Waals surface area contributed by atoms with Gasteiger partial charge in [0.25, 0.3) is 0 Å². The van der Waals surface area contributed by atoms with Crippen LogP contribution in [0.3, 0.4) is 0 Å². The summed E-state index contributed by atoms with van der Waals surface area (Å²) in [6, 6.07) is 13.0. The molecule has 0 spiro atoms. The topological polar surface area (TPSA) is 49.4 Å². The number of amides is 2. The zero-order valence-corrected chi connectivity index (χ0v) is 22.6. The number of hydrogen-bond acceptors (Lipinski definition) is 3. The molecule has 1 fully saturated rings. The summed E-state index contributed by atoms with van der Waals surface area (Å²) in [6.07, 6.45) is 5.54. The van der Waals surface area contributed by atoms with E-state index in [2.05, 4.69) is 21.2 Å². The van der Waals surface area contributed by atoms with Gasteiger partial charge in [-0.25, -0.2) is 0 Å². The van der Waals surface area contributed by atoms with Crippen molar-refractivity contribution in [3.8, 4) is 0 Å². The third-order valence-electron chi connectivity index (χ3n) is 5.84. The Bertz CT molecular complexity index is 969. The Balaban J connectivity index is 1.65. The molecule has 0 saturated heterocycles. The highest BCUT2D eigenvalue weighted by Gasteiger charge is 2.28. The van der Waals surface area contributed by atoms with E-state index in [0.717, 1.165) is 41.3 Å². The minimum absolute atomic E-state index is 0.0636. The van der Waals surface area contributed by atoms with Gasteiger partial charge in [0.05, 0.1) is 15.8 Å². The van der Waals surface area contributed by atoms with Crippen LogP contribution in [0.1, 0.15) is 50.2 Å². The van der Waals surface area contributed by atoms with Crippen LogP contribution < -0.4 is 5.32 Å². The first kappa shape index (κ1) is 26.4. The highest BCUT2D eigenvalue weighted by atomic mass is 79.9. The van der Waals surface area contributed by atoms with Gasteiger partial charge >= 0.3 is 0 Å². The summed E-state index contributed by atoms with van der Waals surface area (Å²) in [5, 5.41) is 4.19. The van der Waals surface area contributed by atoms with Crippen molar-refractivity contribution in [1.29, 1.82) is 0 Å². The summed E-state index contributed by atoms with van der Waals surface area (Å²) < 4.78 is 0.945. The molecule has 0 unspecified atom stereocenters. The molecular formula is C25H29BrCl2N2O2S. The van der Waals surface area contributed by atoms with Crippen LogP contribution in [0, 0.1) is 0 Å². The molecule has 0 aliphatic heterocycles. The zero-order chi connectivity index (χ0) is 23.8. The van der Waals surface area contributed by atoms with Crippen molar-refractivity contribution in [3.05, 3.63) is 68.1 Å². The Hall–Kier alpha value is -1.21. The van der Waals surface area contributed by atoms with Gasteiger partial charge in [0, 0.05) is 22.8 Å². The highest BCUT2D eigenvalue weighted by Crippen LogP contribution is 2.25. The molecule has 0 radical (unpaired) electrons. The molecule has 1 N–H and O–H groups in total. The van der Waals surface area contributed by atoms with Crippen molar-refractivity contribution in [2.24, 2.45) is 0 Å². The maximum Gasteiger partial charge on any atom is 0.242 e. The van der Waals surface area contributed by atoms with Crippen molar-refractivity contribution in [2.75, 3.05) is 5.75 Å². The van der Waals surface area contributed by atoms with Crippen LogP contribution in [0.2, 0.25) is 10.0 Å². The predicted octanol–water partition coefficient (Wildman–Crippen LogP) is 6.86. The fraction of sp³-hybridized carbons (Fsp3) is 0.440. The Labute approximate surface area is 218 Å². The Kier molecular flexibility index (Phi) is 10.4. The number of hydrogen-bond donors (Lipinski definition) is 1. The highest BCUT2D eigenvalue weighted by molar-refractivity contribution is 9.10. The smallest absolute Gasteiger partial charge is 0.242 e. The van der Waals surface area contributed by atoms with E-state index >= 15 is 0 Å². The second-order valence-electron chi connectivity index (χ2n) is 8.41. The van der Waals surface area contributed by atoms with Crippen molar-refractivity contribution in [1.82, 2.24) is 10.2 Å². The second kappa shape index (κ2) is 13.0. The van der Waals surface area contributed by atoms with E-state index in [0.29, 0.717) is 22.3 Å². The molecule has 0 bridgehead atoms. The monoisotopic (exact) mass is 570 g/mol. The number of thioether (sulfide) groups is 1. The van der Waals surface area contributed by atoms with Crippen LogP contribution in [0.15, 0.2) is 46.9 Å². The molecule has 1 atom stereocenters. The standard InChI is InChI=1S/C25H29BrCl2N2O2S/c1-17(25(32)29-21-8-3-2-4-9-21)30(14-18-6-5-7-20(26)12-18)24(31)16-33-15-19-10-11-22(27)23(28)13-19/h5-7,10-13,17,21H,2-4,8-9,14-16H2,1H3,(H,29,32)/t17-/m1/s1. The van der Waals surface area contributed by atoms with E-state index in [4.69, 9.17) is 23.2 Å². The van der Waals surface area contributed by atoms with Gasteiger partial charge < -0.3 is 10.2 Å². The average molecular weight is 572 g/mol. The quantitative estimate of drug-likeness (QED) is 0.358. The van der Waals surface area contributed by atoms with Crippen molar-refractivity contribution in [3.63, 3.8) is 0 Å². The molecule has 1 aliphatic carbocycles. The molecule has 8 heteroatoms. The third-order valence-corrected chi connectivity index (χ3v) is 8.06. The molecule has 178 valence electrons. The minimum Gasteiger partial charge on any atom is -0.352 e. The number of halogens is 3. The van der Waals surface area contributed by atoms with E-state index in [9.17, 15) is 9.59 Å². The van der Waals surface area contributed by atoms with Gasteiger partial charge in [-0.05, 0) is 55.2 Å². The van der Waals surface area contributed by atoms with Crippen molar-refractivity contribution in [2.45, 2.75) is 63.4 Å². The van der Waals surface area contributed by atoms with Gasteiger partial charge in [0.15, 0.2) is 0 Å². The van der Waals surface area contributed by atoms with Crippen LogP contribution in [-0.4, -0.2) is 34.6 Å². The maximum atomic E-state index is 13.2.